The van der Waals surface area contributed by atoms with Crippen LogP contribution >= 0.6 is 0 Å². The van der Waals surface area contributed by atoms with E-state index < -0.39 is 17.9 Å². The fourth-order valence-corrected chi connectivity index (χ4v) is 3.22. The third kappa shape index (κ3) is 6.06. The minimum absolute atomic E-state index is 0.0800. The van der Waals surface area contributed by atoms with Crippen molar-refractivity contribution in [1.82, 2.24) is 5.32 Å². The molecule has 0 aromatic heterocycles. The Hall–Kier alpha value is -3.90. The molecule has 0 saturated carbocycles. The molecule has 0 unspecified atom stereocenters. The Balaban J connectivity index is 1.71. The van der Waals surface area contributed by atoms with Gasteiger partial charge in [-0.1, -0.05) is 72.8 Å². The fourth-order valence-electron chi connectivity index (χ4n) is 3.22. The predicted octanol–water partition coefficient (Wildman–Crippen LogP) is 3.54. The van der Waals surface area contributed by atoms with Crippen molar-refractivity contribution in [3.05, 3.63) is 101 Å². The first-order valence-corrected chi connectivity index (χ1v) is 10.2. The number of ether oxygens (including phenoxy) is 1. The zero-order valence-electron chi connectivity index (χ0n) is 17.8. The summed E-state index contributed by atoms with van der Waals surface area (Å²) in [6.07, 6.45) is 4.03. The van der Waals surface area contributed by atoms with E-state index in [0.717, 1.165) is 22.3 Å². The number of aromatic hydroxyl groups is 1. The first-order valence-electron chi connectivity index (χ1n) is 10.2. The van der Waals surface area contributed by atoms with E-state index in [4.69, 9.17) is 10.5 Å². The van der Waals surface area contributed by atoms with E-state index in [9.17, 15) is 14.7 Å². The minimum Gasteiger partial charge on any atom is -0.507 e. The zero-order valence-corrected chi connectivity index (χ0v) is 17.8. The molecule has 0 saturated heterocycles. The Morgan fingerprint density at radius 3 is 2.25 bits per heavy atom. The Kier molecular flexibility index (Phi) is 7.78. The van der Waals surface area contributed by atoms with Gasteiger partial charge in [-0.2, -0.15) is 0 Å². The maximum atomic E-state index is 12.7. The third-order valence-electron chi connectivity index (χ3n) is 5.02. The van der Waals surface area contributed by atoms with Crippen LogP contribution in [-0.2, 0) is 22.5 Å². The smallest absolute Gasteiger partial charge is 0.328 e. The molecule has 4 N–H and O–H groups in total. The van der Waals surface area contributed by atoms with Crippen LogP contribution in [-0.4, -0.2) is 30.1 Å². The lowest BCUT2D eigenvalue weighted by Gasteiger charge is -2.17. The summed E-state index contributed by atoms with van der Waals surface area (Å²) < 4.78 is 4.83. The molecule has 164 valence electrons. The second kappa shape index (κ2) is 10.9. The SMILES string of the molecule is COC(=O)[C@H](Cc1ccccc1)NC(=O)c1ccc(/C=C\c2ccc(CN)cc2)cc1O. The number of nitrogens with one attached hydrogen (secondary N) is 1. The maximum absolute atomic E-state index is 12.7. The lowest BCUT2D eigenvalue weighted by molar-refractivity contribution is -0.142. The molecule has 0 fully saturated rings. The van der Waals surface area contributed by atoms with Crippen LogP contribution in [0, 0.1) is 0 Å². The van der Waals surface area contributed by atoms with Crippen LogP contribution in [0.15, 0.2) is 72.8 Å². The van der Waals surface area contributed by atoms with Gasteiger partial charge in [0.2, 0.25) is 0 Å². The molecule has 1 amide bonds. The van der Waals surface area contributed by atoms with Crippen molar-refractivity contribution in [3.8, 4) is 5.75 Å². The highest BCUT2D eigenvalue weighted by Crippen LogP contribution is 2.21. The van der Waals surface area contributed by atoms with Crippen LogP contribution in [0.2, 0.25) is 0 Å². The van der Waals surface area contributed by atoms with Gasteiger partial charge in [-0.05, 0) is 34.4 Å². The molecule has 0 aliphatic rings. The number of methoxy groups -OCH3 is 1. The number of carbonyl (C=O) groups excluding carboxylic acids is 2. The molecule has 0 aliphatic carbocycles. The van der Waals surface area contributed by atoms with E-state index >= 15 is 0 Å². The highest BCUT2D eigenvalue weighted by molar-refractivity contribution is 5.99. The Morgan fingerprint density at radius 1 is 0.969 bits per heavy atom. The van der Waals surface area contributed by atoms with Crippen molar-refractivity contribution in [2.24, 2.45) is 5.73 Å². The summed E-state index contributed by atoms with van der Waals surface area (Å²) in [6, 6.07) is 21.0. The monoisotopic (exact) mass is 430 g/mol. The molecular weight excluding hydrogens is 404 g/mol. The Labute approximate surface area is 187 Å². The second-order valence-electron chi connectivity index (χ2n) is 7.29. The Morgan fingerprint density at radius 2 is 1.62 bits per heavy atom. The standard InChI is InChI=1S/C26H26N2O4/c1-32-26(31)23(15-19-5-3-2-4-6-19)28-25(30)22-14-13-20(16-24(22)29)10-7-18-8-11-21(17-27)12-9-18/h2-14,16,23,29H,15,17,27H2,1H3,(H,28,30)/b10-7-/t23-/m0/s1. The van der Waals surface area contributed by atoms with Crippen LogP contribution in [0.3, 0.4) is 0 Å². The van der Waals surface area contributed by atoms with E-state index in [-0.39, 0.29) is 17.7 Å². The summed E-state index contributed by atoms with van der Waals surface area (Å²) >= 11 is 0. The van der Waals surface area contributed by atoms with Gasteiger partial charge < -0.3 is 20.9 Å². The van der Waals surface area contributed by atoms with Gasteiger partial charge in [0.25, 0.3) is 5.91 Å². The van der Waals surface area contributed by atoms with E-state index in [0.29, 0.717) is 6.54 Å². The van der Waals surface area contributed by atoms with Gasteiger partial charge in [-0.15, -0.1) is 0 Å². The molecule has 0 heterocycles. The molecule has 3 aromatic carbocycles. The average Bonchev–Trinajstić information content (AvgIpc) is 2.82. The van der Waals surface area contributed by atoms with Gasteiger partial charge in [-0.3, -0.25) is 4.79 Å². The van der Waals surface area contributed by atoms with Crippen molar-refractivity contribution in [2.45, 2.75) is 19.0 Å². The van der Waals surface area contributed by atoms with Crippen LogP contribution in [0.25, 0.3) is 12.2 Å². The van der Waals surface area contributed by atoms with Gasteiger partial charge in [-0.25, -0.2) is 4.79 Å². The number of amides is 1. The minimum atomic E-state index is -0.870. The number of hydrogen-bond acceptors (Lipinski definition) is 5. The number of phenolic OH excluding ortho intramolecular Hbond substituents is 1. The Bertz CT molecular complexity index is 1090. The van der Waals surface area contributed by atoms with Crippen molar-refractivity contribution < 1.29 is 19.4 Å². The largest absolute Gasteiger partial charge is 0.507 e. The number of rotatable bonds is 8. The molecule has 1 atom stereocenters. The number of nitrogens with two attached hydrogens (primary N) is 1. The van der Waals surface area contributed by atoms with Gasteiger partial charge in [0.15, 0.2) is 0 Å². The van der Waals surface area contributed by atoms with Gasteiger partial charge in [0.05, 0.1) is 12.7 Å². The number of benzene rings is 3. The molecule has 0 radical (unpaired) electrons. The van der Waals surface area contributed by atoms with Gasteiger partial charge in [0.1, 0.15) is 11.8 Å². The molecule has 0 spiro atoms. The van der Waals surface area contributed by atoms with E-state index in [1.807, 2.05) is 66.7 Å². The fraction of sp³-hybridized carbons (Fsp3) is 0.154. The van der Waals surface area contributed by atoms with Crippen molar-refractivity contribution in [2.75, 3.05) is 7.11 Å². The van der Waals surface area contributed by atoms with Crippen LogP contribution in [0.5, 0.6) is 5.75 Å². The number of phenols is 1. The van der Waals surface area contributed by atoms with Crippen LogP contribution in [0.1, 0.15) is 32.6 Å². The first-order chi connectivity index (χ1) is 15.5. The summed E-state index contributed by atoms with van der Waals surface area (Å²) in [5.41, 5.74) is 9.34. The summed E-state index contributed by atoms with van der Waals surface area (Å²) in [7, 11) is 1.27. The van der Waals surface area contributed by atoms with Gasteiger partial charge in [0, 0.05) is 13.0 Å². The zero-order chi connectivity index (χ0) is 22.9. The average molecular weight is 431 g/mol. The lowest BCUT2D eigenvalue weighted by atomic mass is 10.0. The number of esters is 1. The van der Waals surface area contributed by atoms with E-state index in [1.54, 1.807) is 6.07 Å². The summed E-state index contributed by atoms with van der Waals surface area (Å²) in [5.74, 6) is -1.28. The lowest BCUT2D eigenvalue weighted by Crippen LogP contribution is -2.43. The molecule has 0 aliphatic heterocycles. The molecule has 3 rings (SSSR count). The molecule has 6 heteroatoms. The number of hydrogen-bond donors (Lipinski definition) is 3. The van der Waals surface area contributed by atoms with Crippen LogP contribution < -0.4 is 11.1 Å². The topological polar surface area (TPSA) is 102 Å². The van der Waals surface area contributed by atoms with Crippen LogP contribution in [0.4, 0.5) is 0 Å². The third-order valence-corrected chi connectivity index (χ3v) is 5.02. The summed E-state index contributed by atoms with van der Waals surface area (Å²) in [5, 5.41) is 13.1. The predicted molar refractivity (Wildman–Crippen MR) is 125 cm³/mol. The molecule has 0 bridgehead atoms. The highest BCUT2D eigenvalue weighted by atomic mass is 16.5. The first kappa shape index (κ1) is 22.8. The molecule has 32 heavy (non-hydrogen) atoms. The maximum Gasteiger partial charge on any atom is 0.328 e. The molecular formula is C26H26N2O4. The van der Waals surface area contributed by atoms with Gasteiger partial charge >= 0.3 is 5.97 Å². The van der Waals surface area contributed by atoms with Crippen molar-refractivity contribution >= 4 is 24.0 Å². The second-order valence-corrected chi connectivity index (χ2v) is 7.29. The molecule has 6 nitrogen and oxygen atoms in total. The van der Waals surface area contributed by atoms with Crippen molar-refractivity contribution in [1.29, 1.82) is 0 Å². The van der Waals surface area contributed by atoms with E-state index in [1.165, 1.54) is 19.2 Å². The normalized spacial score (nSPS) is 11.8. The molecule has 3 aromatic rings. The van der Waals surface area contributed by atoms with E-state index in [2.05, 4.69) is 5.32 Å². The quantitative estimate of drug-likeness (QED) is 0.375. The number of carbonyl (C=O) groups is 2. The summed E-state index contributed by atoms with van der Waals surface area (Å²) in [6.45, 7) is 0.490. The van der Waals surface area contributed by atoms with Crippen molar-refractivity contribution in [3.63, 3.8) is 0 Å². The summed E-state index contributed by atoms with van der Waals surface area (Å²) in [4.78, 5) is 24.9. The highest BCUT2D eigenvalue weighted by Gasteiger charge is 2.23.